The number of halogens is 1. The Morgan fingerprint density at radius 2 is 1.88 bits per heavy atom. The molecule has 2 aliphatic rings. The van der Waals surface area contributed by atoms with Crippen LogP contribution in [0.15, 0.2) is 48.7 Å². The van der Waals surface area contributed by atoms with E-state index in [1.54, 1.807) is 18.3 Å². The first-order valence-electron chi connectivity index (χ1n) is 11.6. The Bertz CT molecular complexity index is 1240. The predicted octanol–water partition coefficient (Wildman–Crippen LogP) is 5.44. The van der Waals surface area contributed by atoms with Crippen molar-refractivity contribution in [3.63, 3.8) is 0 Å². The SMILES string of the molecule is CN(C(=O)c1ccc(Nc2ncc3c(n2)-c2ccc(Cl)cc2NC(=O)C3)cc1)C1CCCCC1. The molecule has 1 fully saturated rings. The van der Waals surface area contributed by atoms with E-state index in [-0.39, 0.29) is 18.2 Å². The quantitative estimate of drug-likeness (QED) is 0.524. The lowest BCUT2D eigenvalue weighted by Crippen LogP contribution is -2.38. The minimum atomic E-state index is -0.134. The largest absolute Gasteiger partial charge is 0.339 e. The van der Waals surface area contributed by atoms with Gasteiger partial charge >= 0.3 is 0 Å². The normalized spacial score (nSPS) is 15.5. The smallest absolute Gasteiger partial charge is 0.253 e. The number of nitrogens with one attached hydrogen (secondary N) is 2. The Kier molecular flexibility index (Phi) is 6.20. The van der Waals surface area contributed by atoms with E-state index in [0.29, 0.717) is 34.0 Å². The van der Waals surface area contributed by atoms with Gasteiger partial charge in [0.15, 0.2) is 0 Å². The molecule has 1 saturated carbocycles. The van der Waals surface area contributed by atoms with Crippen molar-refractivity contribution in [2.45, 2.75) is 44.6 Å². The maximum absolute atomic E-state index is 12.9. The summed E-state index contributed by atoms with van der Waals surface area (Å²) in [4.78, 5) is 36.2. The van der Waals surface area contributed by atoms with E-state index in [0.717, 1.165) is 29.7 Å². The first-order valence-corrected chi connectivity index (χ1v) is 12.0. The third kappa shape index (κ3) is 4.61. The summed E-state index contributed by atoms with van der Waals surface area (Å²) >= 11 is 6.12. The van der Waals surface area contributed by atoms with Gasteiger partial charge in [0.2, 0.25) is 11.9 Å². The van der Waals surface area contributed by atoms with Crippen molar-refractivity contribution in [3.8, 4) is 11.3 Å². The van der Waals surface area contributed by atoms with Crippen molar-refractivity contribution >= 4 is 40.7 Å². The molecule has 3 aromatic rings. The topological polar surface area (TPSA) is 87.2 Å². The molecule has 0 unspecified atom stereocenters. The number of rotatable bonds is 4. The Labute approximate surface area is 203 Å². The van der Waals surface area contributed by atoms with Crippen LogP contribution in [-0.4, -0.2) is 39.8 Å². The van der Waals surface area contributed by atoms with Crippen LogP contribution in [0, 0.1) is 0 Å². The van der Waals surface area contributed by atoms with E-state index in [9.17, 15) is 9.59 Å². The molecule has 2 heterocycles. The Morgan fingerprint density at radius 3 is 2.65 bits per heavy atom. The van der Waals surface area contributed by atoms with Crippen molar-refractivity contribution < 1.29 is 9.59 Å². The van der Waals surface area contributed by atoms with Crippen molar-refractivity contribution in [2.75, 3.05) is 17.7 Å². The molecule has 1 aliphatic heterocycles. The molecular formula is C26H26ClN5O2. The zero-order valence-electron chi connectivity index (χ0n) is 19.0. The monoisotopic (exact) mass is 475 g/mol. The summed E-state index contributed by atoms with van der Waals surface area (Å²) in [5.41, 5.74) is 4.29. The van der Waals surface area contributed by atoms with Crippen LogP contribution < -0.4 is 10.6 Å². The fraction of sp³-hybridized carbons (Fsp3) is 0.308. The van der Waals surface area contributed by atoms with Gasteiger partial charge in [0.25, 0.3) is 5.91 Å². The molecule has 0 bridgehead atoms. The van der Waals surface area contributed by atoms with Crippen molar-refractivity contribution in [2.24, 2.45) is 0 Å². The second-order valence-electron chi connectivity index (χ2n) is 8.89. The number of benzene rings is 2. The van der Waals surface area contributed by atoms with E-state index in [1.165, 1.54) is 19.3 Å². The molecule has 2 aromatic carbocycles. The van der Waals surface area contributed by atoms with Gasteiger partial charge < -0.3 is 15.5 Å². The molecule has 1 aliphatic carbocycles. The minimum Gasteiger partial charge on any atom is -0.339 e. The van der Waals surface area contributed by atoms with Crippen LogP contribution in [0.4, 0.5) is 17.3 Å². The van der Waals surface area contributed by atoms with Crippen LogP contribution in [0.2, 0.25) is 5.02 Å². The number of anilines is 3. The highest BCUT2D eigenvalue weighted by Gasteiger charge is 2.23. The van der Waals surface area contributed by atoms with E-state index in [2.05, 4.69) is 20.6 Å². The third-order valence-electron chi connectivity index (χ3n) is 6.56. The second kappa shape index (κ2) is 9.43. The lowest BCUT2D eigenvalue weighted by molar-refractivity contribution is -0.115. The highest BCUT2D eigenvalue weighted by molar-refractivity contribution is 6.31. The summed E-state index contributed by atoms with van der Waals surface area (Å²) in [5, 5.41) is 6.63. The minimum absolute atomic E-state index is 0.0483. The molecule has 1 aromatic heterocycles. The molecule has 2 N–H and O–H groups in total. The molecule has 5 rings (SSSR count). The number of fused-ring (bicyclic) bond motifs is 3. The molecule has 0 radical (unpaired) electrons. The summed E-state index contributed by atoms with van der Waals surface area (Å²) in [6.07, 6.45) is 7.65. The van der Waals surface area contributed by atoms with E-state index in [4.69, 9.17) is 11.6 Å². The number of carbonyl (C=O) groups is 2. The summed E-state index contributed by atoms with van der Waals surface area (Å²) in [6.45, 7) is 0. The van der Waals surface area contributed by atoms with Crippen LogP contribution in [0.5, 0.6) is 0 Å². The Morgan fingerprint density at radius 1 is 1.12 bits per heavy atom. The average Bonchev–Trinajstić information content (AvgIpc) is 2.98. The molecule has 8 heteroatoms. The summed E-state index contributed by atoms with van der Waals surface area (Å²) in [6, 6.07) is 13.0. The second-order valence-corrected chi connectivity index (χ2v) is 9.33. The van der Waals surface area contributed by atoms with Crippen LogP contribution in [-0.2, 0) is 11.2 Å². The number of amides is 2. The number of aromatic nitrogens is 2. The van der Waals surface area contributed by atoms with Gasteiger partial charge in [-0.15, -0.1) is 0 Å². The molecule has 2 amide bonds. The van der Waals surface area contributed by atoms with Gasteiger partial charge in [-0.2, -0.15) is 0 Å². The Hall–Kier alpha value is -3.45. The first kappa shape index (κ1) is 22.3. The lowest BCUT2D eigenvalue weighted by Gasteiger charge is -2.31. The maximum Gasteiger partial charge on any atom is 0.253 e. The zero-order chi connectivity index (χ0) is 23.7. The standard InChI is InChI=1S/C26H26ClN5O2/c1-32(20-5-3-2-4-6-20)25(34)16-7-10-19(11-8-16)29-26-28-15-17-13-23(33)30-22-14-18(27)9-12-21(22)24(17)31-26/h7-12,14-15,20H,2-6,13H2,1H3,(H,30,33)(H,28,29,31). The van der Waals surface area contributed by atoms with Crippen molar-refractivity contribution in [1.29, 1.82) is 0 Å². The van der Waals surface area contributed by atoms with Crippen LogP contribution in [0.1, 0.15) is 48.0 Å². The predicted molar refractivity (Wildman–Crippen MR) is 134 cm³/mol. The fourth-order valence-electron chi connectivity index (χ4n) is 4.69. The van der Waals surface area contributed by atoms with Gasteiger partial charge in [-0.05, 0) is 55.3 Å². The average molecular weight is 476 g/mol. The molecular weight excluding hydrogens is 450 g/mol. The Balaban J connectivity index is 1.35. The first-order chi connectivity index (χ1) is 16.5. The van der Waals surface area contributed by atoms with Crippen LogP contribution in [0.3, 0.4) is 0 Å². The number of carbonyl (C=O) groups excluding carboxylic acids is 2. The fourth-order valence-corrected chi connectivity index (χ4v) is 4.86. The number of nitrogens with zero attached hydrogens (tertiary/aromatic N) is 3. The molecule has 34 heavy (non-hydrogen) atoms. The van der Waals surface area contributed by atoms with Gasteiger partial charge in [0, 0.05) is 46.7 Å². The highest BCUT2D eigenvalue weighted by atomic mass is 35.5. The number of hydrogen-bond donors (Lipinski definition) is 2. The molecule has 0 spiro atoms. The van der Waals surface area contributed by atoms with E-state index >= 15 is 0 Å². The van der Waals surface area contributed by atoms with Crippen molar-refractivity contribution in [1.82, 2.24) is 14.9 Å². The van der Waals surface area contributed by atoms with Crippen molar-refractivity contribution in [3.05, 3.63) is 64.8 Å². The van der Waals surface area contributed by atoms with Crippen LogP contribution >= 0.6 is 11.6 Å². The number of hydrogen-bond acceptors (Lipinski definition) is 5. The molecule has 174 valence electrons. The lowest BCUT2D eigenvalue weighted by atomic mass is 9.94. The maximum atomic E-state index is 12.9. The molecule has 0 atom stereocenters. The van der Waals surface area contributed by atoms with E-state index in [1.807, 2.05) is 42.3 Å². The van der Waals surface area contributed by atoms with Crippen LogP contribution in [0.25, 0.3) is 11.3 Å². The summed E-state index contributed by atoms with van der Waals surface area (Å²) < 4.78 is 0. The highest BCUT2D eigenvalue weighted by Crippen LogP contribution is 2.35. The van der Waals surface area contributed by atoms with Gasteiger partial charge in [0.05, 0.1) is 17.8 Å². The van der Waals surface area contributed by atoms with Gasteiger partial charge in [-0.1, -0.05) is 30.9 Å². The van der Waals surface area contributed by atoms with Gasteiger partial charge in [0.1, 0.15) is 0 Å². The van der Waals surface area contributed by atoms with Gasteiger partial charge in [-0.25, -0.2) is 9.97 Å². The summed E-state index contributed by atoms with van der Waals surface area (Å²) in [5.74, 6) is 0.324. The zero-order valence-corrected chi connectivity index (χ0v) is 19.7. The third-order valence-corrected chi connectivity index (χ3v) is 6.79. The van der Waals surface area contributed by atoms with Gasteiger partial charge in [-0.3, -0.25) is 9.59 Å². The molecule has 7 nitrogen and oxygen atoms in total. The molecule has 0 saturated heterocycles. The van der Waals surface area contributed by atoms with E-state index < -0.39 is 0 Å². The summed E-state index contributed by atoms with van der Waals surface area (Å²) in [7, 11) is 1.90.